The van der Waals surface area contributed by atoms with Crippen LogP contribution in [0.25, 0.3) is 10.9 Å². The van der Waals surface area contributed by atoms with Gasteiger partial charge in [0.25, 0.3) is 0 Å². The molecule has 2 aromatic rings. The van der Waals surface area contributed by atoms with Crippen LogP contribution in [-0.4, -0.2) is 57.9 Å². The number of benzene rings is 1. The highest BCUT2D eigenvalue weighted by Gasteiger charge is 2.33. The summed E-state index contributed by atoms with van der Waals surface area (Å²) in [5, 5.41) is 18.7. The van der Waals surface area contributed by atoms with Crippen molar-refractivity contribution < 1.29 is 24.3 Å². The van der Waals surface area contributed by atoms with Gasteiger partial charge < -0.3 is 31.8 Å². The Bertz CT molecular complexity index is 1110. The lowest BCUT2D eigenvalue weighted by atomic mass is 9.97. The fraction of sp³-hybridized carbons (Fsp3) is 0.571. The summed E-state index contributed by atoms with van der Waals surface area (Å²) in [6, 6.07) is 3.71. The lowest BCUT2D eigenvalue weighted by molar-refractivity contribution is -0.143. The lowest BCUT2D eigenvalue weighted by Crippen LogP contribution is -2.58. The number of rotatable bonds is 14. The van der Waals surface area contributed by atoms with Crippen molar-refractivity contribution in [3.05, 3.63) is 36.0 Å². The Labute approximate surface area is 224 Å². The topological polar surface area (TPSA) is 166 Å². The number of H-pyrrole nitrogens is 1. The van der Waals surface area contributed by atoms with Gasteiger partial charge >= 0.3 is 5.97 Å². The van der Waals surface area contributed by atoms with Crippen LogP contribution in [0.4, 0.5) is 0 Å². The summed E-state index contributed by atoms with van der Waals surface area (Å²) >= 11 is 0. The zero-order valence-corrected chi connectivity index (χ0v) is 23.2. The summed E-state index contributed by atoms with van der Waals surface area (Å²) in [5.74, 6) is -3.08. The molecule has 5 unspecified atom stereocenters. The maximum Gasteiger partial charge on any atom is 0.326 e. The van der Waals surface area contributed by atoms with Gasteiger partial charge in [-0.3, -0.25) is 14.4 Å². The number of aromatic amines is 1. The van der Waals surface area contributed by atoms with E-state index in [1.807, 2.05) is 58.9 Å². The van der Waals surface area contributed by atoms with E-state index in [9.17, 15) is 24.3 Å². The number of hydrogen-bond acceptors (Lipinski definition) is 5. The van der Waals surface area contributed by atoms with Gasteiger partial charge in [-0.2, -0.15) is 0 Å². The number of fused-ring (bicyclic) bond motifs is 1. The Morgan fingerprint density at radius 3 is 2.11 bits per heavy atom. The molecule has 1 heterocycles. The Morgan fingerprint density at radius 1 is 0.921 bits per heavy atom. The zero-order chi connectivity index (χ0) is 28.6. The Morgan fingerprint density at radius 2 is 1.53 bits per heavy atom. The highest BCUT2D eigenvalue weighted by atomic mass is 16.4. The van der Waals surface area contributed by atoms with E-state index in [2.05, 4.69) is 20.9 Å². The molecule has 0 saturated carbocycles. The Balaban J connectivity index is 2.35. The number of aromatic nitrogens is 1. The van der Waals surface area contributed by atoms with E-state index in [-0.39, 0.29) is 24.2 Å². The average molecular weight is 530 g/mol. The predicted molar refractivity (Wildman–Crippen MR) is 147 cm³/mol. The SMILES string of the molecule is CCC(C)C(NC(=O)C(Cc1c[nH]c2ccccc12)NC(=O)C(CC(C)C)NC(=O)C(N)C(C)C)C(=O)O. The molecular formula is C28H43N5O5. The molecule has 0 spiro atoms. The normalized spacial score (nSPS) is 15.5. The summed E-state index contributed by atoms with van der Waals surface area (Å²) in [4.78, 5) is 54.6. The van der Waals surface area contributed by atoms with Crippen molar-refractivity contribution in [1.29, 1.82) is 0 Å². The summed E-state index contributed by atoms with van der Waals surface area (Å²) in [6.07, 6.45) is 2.79. The van der Waals surface area contributed by atoms with Gasteiger partial charge in [0.15, 0.2) is 0 Å². The fourth-order valence-electron chi connectivity index (χ4n) is 4.21. The molecule has 1 aromatic carbocycles. The second-order valence-corrected chi connectivity index (χ2v) is 10.8. The molecule has 0 aliphatic heterocycles. The van der Waals surface area contributed by atoms with Crippen molar-refractivity contribution >= 4 is 34.6 Å². The van der Waals surface area contributed by atoms with Gasteiger partial charge in [0.2, 0.25) is 17.7 Å². The quantitative estimate of drug-likeness (QED) is 0.220. The first-order chi connectivity index (χ1) is 17.8. The number of carboxylic acid groups (broad SMARTS) is 1. The van der Waals surface area contributed by atoms with E-state index in [0.717, 1.165) is 16.5 Å². The first kappa shape index (κ1) is 30.8. The summed E-state index contributed by atoms with van der Waals surface area (Å²) in [7, 11) is 0. The van der Waals surface area contributed by atoms with Gasteiger partial charge in [0.05, 0.1) is 6.04 Å². The van der Waals surface area contributed by atoms with Crippen molar-refractivity contribution in [3.8, 4) is 0 Å². The van der Waals surface area contributed by atoms with Gasteiger partial charge in [-0.1, -0.05) is 66.2 Å². The molecule has 0 fully saturated rings. The van der Waals surface area contributed by atoms with E-state index in [4.69, 9.17) is 5.73 Å². The molecule has 5 atom stereocenters. The number of para-hydroxylation sites is 1. The molecule has 38 heavy (non-hydrogen) atoms. The smallest absolute Gasteiger partial charge is 0.326 e. The van der Waals surface area contributed by atoms with E-state index in [0.29, 0.717) is 12.8 Å². The molecule has 2 rings (SSSR count). The standard InChI is InChI=1S/C28H43N5O5/c1-7-17(6)24(28(37)38)33-26(35)22(13-18-14-30-20-11-9-8-10-19(18)20)31-25(34)21(12-15(2)3)32-27(36)23(29)16(4)5/h8-11,14-17,21-24,30H,7,12-13,29H2,1-6H3,(H,31,34)(H,32,36)(H,33,35)(H,37,38). The van der Waals surface area contributed by atoms with Crippen molar-refractivity contribution in [1.82, 2.24) is 20.9 Å². The first-order valence-corrected chi connectivity index (χ1v) is 13.3. The van der Waals surface area contributed by atoms with Crippen LogP contribution in [0, 0.1) is 17.8 Å². The third-order valence-electron chi connectivity index (χ3n) is 6.87. The van der Waals surface area contributed by atoms with Crippen molar-refractivity contribution in [3.63, 3.8) is 0 Å². The van der Waals surface area contributed by atoms with Crippen LogP contribution in [0.3, 0.4) is 0 Å². The Hall–Kier alpha value is -3.40. The van der Waals surface area contributed by atoms with Crippen molar-refractivity contribution in [2.24, 2.45) is 23.5 Å². The largest absolute Gasteiger partial charge is 0.480 e. The minimum Gasteiger partial charge on any atom is -0.480 e. The van der Waals surface area contributed by atoms with Crippen LogP contribution in [0.1, 0.15) is 59.9 Å². The molecule has 10 heteroatoms. The van der Waals surface area contributed by atoms with Gasteiger partial charge in [-0.05, 0) is 35.8 Å². The van der Waals surface area contributed by atoms with E-state index >= 15 is 0 Å². The molecule has 0 bridgehead atoms. The minimum absolute atomic E-state index is 0.0732. The van der Waals surface area contributed by atoms with Crippen molar-refractivity contribution in [2.75, 3.05) is 0 Å². The Kier molecular flexibility index (Phi) is 11.3. The minimum atomic E-state index is -1.14. The third kappa shape index (κ3) is 8.31. The molecule has 10 nitrogen and oxygen atoms in total. The number of aliphatic carboxylic acids is 1. The molecule has 0 aliphatic carbocycles. The molecule has 0 aliphatic rings. The van der Waals surface area contributed by atoms with Crippen LogP contribution in [0.2, 0.25) is 0 Å². The second kappa shape index (κ2) is 13.9. The number of nitrogens with two attached hydrogens (primary N) is 1. The average Bonchev–Trinajstić information content (AvgIpc) is 3.27. The molecule has 210 valence electrons. The fourth-order valence-corrected chi connectivity index (χ4v) is 4.21. The van der Waals surface area contributed by atoms with E-state index < -0.39 is 47.9 Å². The highest BCUT2D eigenvalue weighted by Crippen LogP contribution is 2.20. The maximum atomic E-state index is 13.5. The van der Waals surface area contributed by atoms with E-state index in [1.165, 1.54) is 0 Å². The van der Waals surface area contributed by atoms with E-state index in [1.54, 1.807) is 13.1 Å². The van der Waals surface area contributed by atoms with Crippen LogP contribution in [0.15, 0.2) is 30.5 Å². The highest BCUT2D eigenvalue weighted by molar-refractivity contribution is 5.95. The van der Waals surface area contributed by atoms with Crippen LogP contribution >= 0.6 is 0 Å². The van der Waals surface area contributed by atoms with Gasteiger partial charge in [-0.25, -0.2) is 4.79 Å². The van der Waals surface area contributed by atoms with Gasteiger partial charge in [-0.15, -0.1) is 0 Å². The molecule has 7 N–H and O–H groups in total. The predicted octanol–water partition coefficient (Wildman–Crippen LogP) is 2.32. The lowest BCUT2D eigenvalue weighted by Gasteiger charge is -2.27. The second-order valence-electron chi connectivity index (χ2n) is 10.8. The van der Waals surface area contributed by atoms with Gasteiger partial charge in [0, 0.05) is 23.5 Å². The zero-order valence-electron chi connectivity index (χ0n) is 23.2. The number of carboxylic acids is 1. The van der Waals surface area contributed by atoms with Gasteiger partial charge in [0.1, 0.15) is 18.1 Å². The molecule has 0 saturated heterocycles. The molecule has 0 radical (unpaired) electrons. The van der Waals surface area contributed by atoms with Crippen LogP contribution in [-0.2, 0) is 25.6 Å². The van der Waals surface area contributed by atoms with Crippen molar-refractivity contribution in [2.45, 2.75) is 85.0 Å². The number of hydrogen-bond donors (Lipinski definition) is 6. The first-order valence-electron chi connectivity index (χ1n) is 13.3. The van der Waals surface area contributed by atoms with Crippen LogP contribution < -0.4 is 21.7 Å². The monoisotopic (exact) mass is 529 g/mol. The molecule has 1 aromatic heterocycles. The third-order valence-corrected chi connectivity index (χ3v) is 6.87. The molecule has 3 amide bonds. The summed E-state index contributed by atoms with van der Waals surface area (Å²) in [6.45, 7) is 11.1. The summed E-state index contributed by atoms with van der Waals surface area (Å²) < 4.78 is 0. The number of carbonyl (C=O) groups is 4. The molecular weight excluding hydrogens is 486 g/mol. The summed E-state index contributed by atoms with van der Waals surface area (Å²) in [5.41, 5.74) is 7.66. The number of carbonyl (C=O) groups excluding carboxylic acids is 3. The number of nitrogens with one attached hydrogen (secondary N) is 4. The number of amides is 3. The van der Waals surface area contributed by atoms with Crippen LogP contribution in [0.5, 0.6) is 0 Å². The maximum absolute atomic E-state index is 13.5.